The van der Waals surface area contributed by atoms with Crippen molar-refractivity contribution in [2.75, 3.05) is 0 Å². The first-order chi connectivity index (χ1) is 8.63. The zero-order valence-corrected chi connectivity index (χ0v) is 9.52. The van der Waals surface area contributed by atoms with E-state index in [1.54, 1.807) is 18.2 Å². The minimum Gasteiger partial charge on any atom is -0.386 e. The van der Waals surface area contributed by atoms with Crippen molar-refractivity contribution >= 4 is 29.0 Å². The predicted molar refractivity (Wildman–Crippen MR) is 63.8 cm³/mol. The minimum atomic E-state index is -0.666. The smallest absolute Gasteiger partial charge is 0.346 e. The Kier molecular flexibility index (Phi) is 2.07. The van der Waals surface area contributed by atoms with E-state index >= 15 is 0 Å². The molecule has 2 aromatic rings. The Morgan fingerprint density at radius 1 is 0.944 bits per heavy atom. The third kappa shape index (κ3) is 1.23. The quantitative estimate of drug-likeness (QED) is 0.436. The van der Waals surface area contributed by atoms with E-state index in [1.165, 1.54) is 6.07 Å². The first-order valence-corrected chi connectivity index (χ1v) is 5.41. The van der Waals surface area contributed by atoms with Crippen LogP contribution in [0.4, 0.5) is 0 Å². The average molecular weight is 240 g/mol. The molecule has 0 aliphatic carbocycles. The molecule has 0 saturated carbocycles. The molecule has 1 aliphatic rings. The highest BCUT2D eigenvalue weighted by atomic mass is 16.6. The summed E-state index contributed by atoms with van der Waals surface area (Å²) < 4.78 is 4.65. The van der Waals surface area contributed by atoms with E-state index in [4.69, 9.17) is 0 Å². The van der Waals surface area contributed by atoms with Gasteiger partial charge in [0.15, 0.2) is 6.29 Å². The second kappa shape index (κ2) is 3.50. The third-order valence-corrected chi connectivity index (χ3v) is 3.15. The van der Waals surface area contributed by atoms with Gasteiger partial charge in [-0.25, -0.2) is 9.59 Å². The number of cyclic esters (lactones) is 2. The standard InChI is InChI=1S/C14H8O4/c1-7-2-4-9-12-10(14(17)18-13(9)16)5-3-8(6-15)11(7)12/h2-6H,1H3. The maximum atomic E-state index is 11.7. The summed E-state index contributed by atoms with van der Waals surface area (Å²) in [4.78, 5) is 34.4. The number of esters is 2. The molecule has 4 heteroatoms. The van der Waals surface area contributed by atoms with Gasteiger partial charge in [-0.3, -0.25) is 4.79 Å². The highest BCUT2D eigenvalue weighted by Gasteiger charge is 2.28. The largest absolute Gasteiger partial charge is 0.386 e. The molecule has 0 bridgehead atoms. The Morgan fingerprint density at radius 2 is 1.56 bits per heavy atom. The van der Waals surface area contributed by atoms with Crippen molar-refractivity contribution in [1.29, 1.82) is 0 Å². The summed E-state index contributed by atoms with van der Waals surface area (Å²) in [6.45, 7) is 1.83. The summed E-state index contributed by atoms with van der Waals surface area (Å²) >= 11 is 0. The van der Waals surface area contributed by atoms with Crippen LogP contribution in [0.5, 0.6) is 0 Å². The number of hydrogen-bond donors (Lipinski definition) is 0. The molecule has 0 atom stereocenters. The third-order valence-electron chi connectivity index (χ3n) is 3.15. The van der Waals surface area contributed by atoms with Gasteiger partial charge < -0.3 is 4.74 Å². The van der Waals surface area contributed by atoms with Crippen LogP contribution < -0.4 is 0 Å². The normalized spacial score (nSPS) is 13.6. The predicted octanol–water partition coefficient (Wildman–Crippen LogP) is 2.27. The van der Waals surface area contributed by atoms with Crippen LogP contribution >= 0.6 is 0 Å². The zero-order chi connectivity index (χ0) is 12.9. The van der Waals surface area contributed by atoms with E-state index in [0.717, 1.165) is 11.8 Å². The maximum Gasteiger partial charge on any atom is 0.346 e. The fourth-order valence-corrected chi connectivity index (χ4v) is 2.33. The van der Waals surface area contributed by atoms with E-state index in [0.29, 0.717) is 27.5 Å². The highest BCUT2D eigenvalue weighted by Crippen LogP contribution is 2.32. The van der Waals surface area contributed by atoms with E-state index in [1.807, 2.05) is 6.92 Å². The Morgan fingerprint density at radius 3 is 2.17 bits per heavy atom. The molecule has 1 aliphatic heterocycles. The molecule has 3 rings (SSSR count). The molecule has 2 aromatic carbocycles. The molecule has 4 nitrogen and oxygen atoms in total. The van der Waals surface area contributed by atoms with Crippen molar-refractivity contribution in [1.82, 2.24) is 0 Å². The molecule has 0 fully saturated rings. The molecule has 0 aromatic heterocycles. The summed E-state index contributed by atoms with van der Waals surface area (Å²) in [5.74, 6) is -1.33. The number of aldehydes is 1. The molecule has 0 amide bonds. The Bertz CT molecular complexity index is 708. The SMILES string of the molecule is Cc1ccc2c3c(ccc(C=O)c13)C(=O)OC2=O. The van der Waals surface area contributed by atoms with Gasteiger partial charge in [-0.1, -0.05) is 12.1 Å². The number of rotatable bonds is 1. The summed E-state index contributed by atoms with van der Waals surface area (Å²) in [7, 11) is 0. The van der Waals surface area contributed by atoms with Crippen LogP contribution in [0.15, 0.2) is 24.3 Å². The van der Waals surface area contributed by atoms with Crippen LogP contribution in [0.1, 0.15) is 36.6 Å². The van der Waals surface area contributed by atoms with Crippen LogP contribution in [0.2, 0.25) is 0 Å². The van der Waals surface area contributed by atoms with E-state index in [9.17, 15) is 14.4 Å². The van der Waals surface area contributed by atoms with E-state index in [2.05, 4.69) is 4.74 Å². The molecular weight excluding hydrogens is 232 g/mol. The molecule has 0 radical (unpaired) electrons. The van der Waals surface area contributed by atoms with Crippen LogP contribution in [0.25, 0.3) is 10.8 Å². The number of hydrogen-bond acceptors (Lipinski definition) is 4. The molecule has 0 unspecified atom stereocenters. The molecular formula is C14H8O4. The van der Waals surface area contributed by atoms with Gasteiger partial charge in [0.05, 0.1) is 11.1 Å². The Hall–Kier alpha value is -2.49. The summed E-state index contributed by atoms with van der Waals surface area (Å²) in [6, 6.07) is 6.44. The van der Waals surface area contributed by atoms with Gasteiger partial charge in [-0.05, 0) is 30.0 Å². The first-order valence-electron chi connectivity index (χ1n) is 5.41. The summed E-state index contributed by atoms with van der Waals surface area (Å²) in [6.07, 6.45) is 0.723. The Labute approximate surface area is 102 Å². The fourth-order valence-electron chi connectivity index (χ4n) is 2.33. The van der Waals surface area contributed by atoms with Gasteiger partial charge in [0.2, 0.25) is 0 Å². The zero-order valence-electron chi connectivity index (χ0n) is 9.52. The van der Waals surface area contributed by atoms with Crippen molar-refractivity contribution in [3.8, 4) is 0 Å². The number of ether oxygens (including phenoxy) is 1. The van der Waals surface area contributed by atoms with Crippen molar-refractivity contribution in [2.24, 2.45) is 0 Å². The summed E-state index contributed by atoms with van der Waals surface area (Å²) in [5, 5.41) is 1.16. The van der Waals surface area contributed by atoms with Gasteiger partial charge in [0, 0.05) is 10.9 Å². The minimum absolute atomic E-state index is 0.328. The van der Waals surface area contributed by atoms with E-state index in [-0.39, 0.29) is 0 Å². The first kappa shape index (κ1) is 10.7. The molecule has 1 heterocycles. The lowest BCUT2D eigenvalue weighted by Crippen LogP contribution is -2.20. The number of carbonyl (C=O) groups is 3. The maximum absolute atomic E-state index is 11.7. The molecule has 0 saturated heterocycles. The topological polar surface area (TPSA) is 60.4 Å². The number of carbonyl (C=O) groups excluding carboxylic acids is 3. The van der Waals surface area contributed by atoms with Crippen molar-refractivity contribution < 1.29 is 19.1 Å². The van der Waals surface area contributed by atoms with E-state index < -0.39 is 11.9 Å². The lowest BCUT2D eigenvalue weighted by atomic mass is 9.91. The molecule has 0 N–H and O–H groups in total. The van der Waals surface area contributed by atoms with Crippen LogP contribution in [0.3, 0.4) is 0 Å². The lowest BCUT2D eigenvalue weighted by Gasteiger charge is -2.17. The van der Waals surface area contributed by atoms with Gasteiger partial charge in [0.1, 0.15) is 0 Å². The molecule has 88 valence electrons. The lowest BCUT2D eigenvalue weighted by molar-refractivity contribution is 0.0391. The molecule has 0 spiro atoms. The average Bonchev–Trinajstić information content (AvgIpc) is 2.36. The van der Waals surface area contributed by atoms with Gasteiger partial charge >= 0.3 is 11.9 Å². The fraction of sp³-hybridized carbons (Fsp3) is 0.0714. The van der Waals surface area contributed by atoms with Gasteiger partial charge in [-0.2, -0.15) is 0 Å². The van der Waals surface area contributed by atoms with Crippen molar-refractivity contribution in [3.05, 3.63) is 46.5 Å². The van der Waals surface area contributed by atoms with Crippen molar-refractivity contribution in [2.45, 2.75) is 6.92 Å². The highest BCUT2D eigenvalue weighted by molar-refractivity contribution is 6.23. The number of benzene rings is 2. The monoisotopic (exact) mass is 240 g/mol. The van der Waals surface area contributed by atoms with Crippen LogP contribution in [-0.2, 0) is 4.74 Å². The second-order valence-electron chi connectivity index (χ2n) is 4.18. The van der Waals surface area contributed by atoms with Gasteiger partial charge in [0.25, 0.3) is 0 Å². The second-order valence-corrected chi connectivity index (χ2v) is 4.18. The molecule has 18 heavy (non-hydrogen) atoms. The Balaban J connectivity index is 2.60. The number of aryl methyl sites for hydroxylation is 1. The summed E-state index contributed by atoms with van der Waals surface area (Å²) in [5.41, 5.74) is 1.97. The van der Waals surface area contributed by atoms with Crippen LogP contribution in [0, 0.1) is 6.92 Å². The van der Waals surface area contributed by atoms with Gasteiger partial charge in [-0.15, -0.1) is 0 Å². The van der Waals surface area contributed by atoms with Crippen molar-refractivity contribution in [3.63, 3.8) is 0 Å². The van der Waals surface area contributed by atoms with Crippen LogP contribution in [-0.4, -0.2) is 18.2 Å².